The Kier molecular flexibility index (Phi) is 5.82. The highest BCUT2D eigenvalue weighted by Gasteiger charge is 2.21. The number of nitrogens with one attached hydrogen (secondary N) is 1. The van der Waals surface area contributed by atoms with Gasteiger partial charge in [-0.3, -0.25) is 4.79 Å². The quantitative estimate of drug-likeness (QED) is 0.428. The minimum atomic E-state index is -1.27. The van der Waals surface area contributed by atoms with Crippen LogP contribution < -0.4 is 11.1 Å². The summed E-state index contributed by atoms with van der Waals surface area (Å²) in [4.78, 5) is 21.6. The van der Waals surface area contributed by atoms with Crippen LogP contribution in [0.2, 0.25) is 0 Å². The van der Waals surface area contributed by atoms with Crippen LogP contribution in [0.3, 0.4) is 0 Å². The largest absolute Gasteiger partial charge is 0.480 e. The molecule has 0 aliphatic heterocycles. The first-order valence-corrected chi connectivity index (χ1v) is 4.42. The summed E-state index contributed by atoms with van der Waals surface area (Å²) in [5.74, 6) is -1.82. The summed E-state index contributed by atoms with van der Waals surface area (Å²) in [7, 11) is 0. The number of amides is 1. The van der Waals surface area contributed by atoms with Crippen LogP contribution in [0.5, 0.6) is 0 Å². The molecule has 0 aromatic rings. The van der Waals surface area contributed by atoms with Crippen LogP contribution >= 0.6 is 0 Å². The van der Waals surface area contributed by atoms with Crippen LogP contribution in [0.15, 0.2) is 0 Å². The molecule has 0 aromatic carbocycles. The van der Waals surface area contributed by atoms with Crippen molar-refractivity contribution in [1.29, 1.82) is 0 Å². The lowest BCUT2D eigenvalue weighted by atomic mass is 10.1. The molecular weight excluding hydrogens is 188 g/mol. The maximum atomic E-state index is 11.2. The third kappa shape index (κ3) is 4.20. The summed E-state index contributed by atoms with van der Waals surface area (Å²) in [6.45, 7) is 1.23. The van der Waals surface area contributed by atoms with Crippen molar-refractivity contribution in [3.05, 3.63) is 0 Å². The summed E-state index contributed by atoms with van der Waals surface area (Å²) in [5, 5.41) is 19.3. The molecule has 0 aliphatic rings. The Bertz CT molecular complexity index is 208. The first-order chi connectivity index (χ1) is 6.52. The maximum Gasteiger partial charge on any atom is 0.328 e. The van der Waals surface area contributed by atoms with E-state index in [1.165, 1.54) is 0 Å². The average Bonchev–Trinajstić information content (AvgIpc) is 2.13. The van der Waals surface area contributed by atoms with Gasteiger partial charge in [0.15, 0.2) is 0 Å². The van der Waals surface area contributed by atoms with E-state index in [1.54, 1.807) is 0 Å². The van der Waals surface area contributed by atoms with Crippen LogP contribution in [-0.4, -0.2) is 40.8 Å². The molecule has 5 N–H and O–H groups in total. The molecular formula is C8H16N2O4. The molecule has 0 fully saturated rings. The molecule has 6 heteroatoms. The Balaban J connectivity index is 4.08. The number of aliphatic hydroxyl groups excluding tert-OH is 1. The highest BCUT2D eigenvalue weighted by molar-refractivity contribution is 5.86. The standard InChI is InChI=1S/C8H16N2O4/c1-2-3-5(9)7(12)10-6(4-11)8(13)14/h5-6,11H,2-4,9H2,1H3,(H,10,12)(H,13,14)/t5-,6-/m1/s1. The normalized spacial score (nSPS) is 14.5. The van der Waals surface area contributed by atoms with Crippen LogP contribution in [0.25, 0.3) is 0 Å². The molecule has 0 saturated heterocycles. The van der Waals surface area contributed by atoms with Gasteiger partial charge in [-0.05, 0) is 6.42 Å². The van der Waals surface area contributed by atoms with Crippen molar-refractivity contribution in [2.45, 2.75) is 31.8 Å². The number of nitrogens with two attached hydrogens (primary N) is 1. The van der Waals surface area contributed by atoms with Crippen molar-refractivity contribution >= 4 is 11.9 Å². The molecule has 0 radical (unpaired) electrons. The van der Waals surface area contributed by atoms with Gasteiger partial charge >= 0.3 is 5.97 Å². The number of aliphatic carboxylic acids is 1. The first-order valence-electron chi connectivity index (χ1n) is 4.42. The van der Waals surface area contributed by atoms with E-state index in [0.29, 0.717) is 6.42 Å². The van der Waals surface area contributed by atoms with Gasteiger partial charge in [-0.1, -0.05) is 13.3 Å². The van der Waals surface area contributed by atoms with Gasteiger partial charge in [0.2, 0.25) is 5.91 Å². The zero-order chi connectivity index (χ0) is 11.1. The van der Waals surface area contributed by atoms with Crippen LogP contribution in [0.4, 0.5) is 0 Å². The van der Waals surface area contributed by atoms with Gasteiger partial charge in [-0.2, -0.15) is 0 Å². The van der Waals surface area contributed by atoms with Crippen LogP contribution in [-0.2, 0) is 9.59 Å². The average molecular weight is 204 g/mol. The van der Waals surface area contributed by atoms with Crippen molar-refractivity contribution in [2.24, 2.45) is 5.73 Å². The summed E-state index contributed by atoms with van der Waals surface area (Å²) in [5.41, 5.74) is 5.44. The summed E-state index contributed by atoms with van der Waals surface area (Å²) < 4.78 is 0. The predicted molar refractivity (Wildman–Crippen MR) is 49.5 cm³/mol. The molecule has 0 unspecified atom stereocenters. The highest BCUT2D eigenvalue weighted by Crippen LogP contribution is 1.94. The van der Waals surface area contributed by atoms with E-state index in [1.807, 2.05) is 6.92 Å². The van der Waals surface area contributed by atoms with Crippen molar-refractivity contribution in [3.8, 4) is 0 Å². The van der Waals surface area contributed by atoms with E-state index < -0.39 is 30.6 Å². The minimum absolute atomic E-state index is 0.490. The van der Waals surface area contributed by atoms with Gasteiger partial charge in [0.25, 0.3) is 0 Å². The molecule has 14 heavy (non-hydrogen) atoms. The number of rotatable bonds is 6. The third-order valence-electron chi connectivity index (χ3n) is 1.73. The van der Waals surface area contributed by atoms with Gasteiger partial charge in [0.1, 0.15) is 6.04 Å². The van der Waals surface area contributed by atoms with Gasteiger partial charge in [0, 0.05) is 0 Å². The lowest BCUT2D eigenvalue weighted by molar-refractivity contribution is -0.143. The molecule has 0 heterocycles. The van der Waals surface area contributed by atoms with E-state index in [9.17, 15) is 9.59 Å². The number of carboxylic acid groups (broad SMARTS) is 1. The van der Waals surface area contributed by atoms with Gasteiger partial charge < -0.3 is 21.3 Å². The van der Waals surface area contributed by atoms with Crippen LogP contribution in [0, 0.1) is 0 Å². The molecule has 82 valence electrons. The molecule has 0 spiro atoms. The highest BCUT2D eigenvalue weighted by atomic mass is 16.4. The Morgan fingerprint density at radius 2 is 2.07 bits per heavy atom. The second-order valence-electron chi connectivity index (χ2n) is 2.98. The molecule has 0 bridgehead atoms. The second kappa shape index (κ2) is 6.33. The summed E-state index contributed by atoms with van der Waals surface area (Å²) in [6.07, 6.45) is 1.23. The fourth-order valence-corrected chi connectivity index (χ4v) is 0.906. The smallest absolute Gasteiger partial charge is 0.328 e. The van der Waals surface area contributed by atoms with E-state index in [2.05, 4.69) is 5.32 Å². The number of carbonyl (C=O) groups is 2. The maximum absolute atomic E-state index is 11.2. The zero-order valence-electron chi connectivity index (χ0n) is 8.06. The molecule has 6 nitrogen and oxygen atoms in total. The molecule has 0 rings (SSSR count). The van der Waals surface area contributed by atoms with E-state index in [4.69, 9.17) is 15.9 Å². The number of carboxylic acids is 1. The number of aliphatic hydroxyl groups is 1. The summed E-state index contributed by atoms with van der Waals surface area (Å²) in [6, 6.07) is -1.99. The topological polar surface area (TPSA) is 113 Å². The number of hydrogen-bond acceptors (Lipinski definition) is 4. The fraction of sp³-hybridized carbons (Fsp3) is 0.750. The predicted octanol–water partition coefficient (Wildman–Crippen LogP) is -1.32. The van der Waals surface area contributed by atoms with Crippen molar-refractivity contribution in [3.63, 3.8) is 0 Å². The van der Waals surface area contributed by atoms with Crippen LogP contribution in [0.1, 0.15) is 19.8 Å². The molecule has 2 atom stereocenters. The second-order valence-corrected chi connectivity index (χ2v) is 2.98. The molecule has 0 aromatic heterocycles. The first kappa shape index (κ1) is 12.9. The van der Waals surface area contributed by atoms with Crippen molar-refractivity contribution < 1.29 is 19.8 Å². The lowest BCUT2D eigenvalue weighted by Gasteiger charge is -2.15. The monoisotopic (exact) mass is 204 g/mol. The van der Waals surface area contributed by atoms with Gasteiger partial charge in [0.05, 0.1) is 12.6 Å². The Labute approximate surface area is 82.1 Å². The fourth-order valence-electron chi connectivity index (χ4n) is 0.906. The molecule has 1 amide bonds. The lowest BCUT2D eigenvalue weighted by Crippen LogP contribution is -2.49. The van der Waals surface area contributed by atoms with Gasteiger partial charge in [-0.25, -0.2) is 4.79 Å². The molecule has 0 saturated carbocycles. The number of hydrogen-bond donors (Lipinski definition) is 4. The zero-order valence-corrected chi connectivity index (χ0v) is 8.06. The Hall–Kier alpha value is -1.14. The third-order valence-corrected chi connectivity index (χ3v) is 1.73. The Morgan fingerprint density at radius 1 is 1.50 bits per heavy atom. The van der Waals surface area contributed by atoms with E-state index >= 15 is 0 Å². The SMILES string of the molecule is CCC[C@@H](N)C(=O)N[C@H](CO)C(=O)O. The molecule has 0 aliphatic carbocycles. The van der Waals surface area contributed by atoms with Crippen molar-refractivity contribution in [1.82, 2.24) is 5.32 Å². The van der Waals surface area contributed by atoms with Gasteiger partial charge in [-0.15, -0.1) is 0 Å². The van der Waals surface area contributed by atoms with Crippen molar-refractivity contribution in [2.75, 3.05) is 6.61 Å². The van der Waals surface area contributed by atoms with E-state index in [0.717, 1.165) is 6.42 Å². The minimum Gasteiger partial charge on any atom is -0.480 e. The Morgan fingerprint density at radius 3 is 2.43 bits per heavy atom. The van der Waals surface area contributed by atoms with E-state index in [-0.39, 0.29) is 0 Å². The number of carbonyl (C=O) groups excluding carboxylic acids is 1. The summed E-state index contributed by atoms with van der Waals surface area (Å²) >= 11 is 0.